The number of amides is 1. The fraction of sp³-hybridized carbons (Fsp3) is 0.636. The number of nitrogens with two attached hydrogens (primary N) is 1. The minimum Gasteiger partial charge on any atom is -0.317 e. The maximum absolute atomic E-state index is 12.0. The highest BCUT2D eigenvalue weighted by Gasteiger charge is 2.37. The van der Waals surface area contributed by atoms with Crippen LogP contribution in [0.25, 0.3) is 0 Å². The summed E-state index contributed by atoms with van der Waals surface area (Å²) in [6.45, 7) is 1.89. The molecule has 0 bridgehead atoms. The Balaban J connectivity index is 2.10. The number of nitrogens with one attached hydrogen (secondary N) is 1. The lowest BCUT2D eigenvalue weighted by Gasteiger charge is -2.21. The average molecular weight is 222 g/mol. The fourth-order valence-corrected chi connectivity index (χ4v) is 2.20. The van der Waals surface area contributed by atoms with Crippen LogP contribution in [0.1, 0.15) is 31.4 Å². The predicted octanol–water partition coefficient (Wildman–Crippen LogP) is 0.939. The lowest BCUT2D eigenvalue weighted by molar-refractivity contribution is -0.121. The Morgan fingerprint density at radius 1 is 1.56 bits per heavy atom. The molecule has 88 valence electrons. The van der Waals surface area contributed by atoms with E-state index in [4.69, 9.17) is 5.73 Å². The number of carbonyl (C=O) groups is 1. The third-order valence-corrected chi connectivity index (χ3v) is 3.19. The van der Waals surface area contributed by atoms with Gasteiger partial charge in [-0.3, -0.25) is 9.48 Å². The molecule has 5 heteroatoms. The molecule has 1 aliphatic rings. The van der Waals surface area contributed by atoms with Crippen molar-refractivity contribution < 1.29 is 4.79 Å². The summed E-state index contributed by atoms with van der Waals surface area (Å²) < 4.78 is 1.66. The van der Waals surface area contributed by atoms with Gasteiger partial charge in [-0.05, 0) is 19.8 Å². The number of anilines is 1. The van der Waals surface area contributed by atoms with E-state index in [1.165, 1.54) is 0 Å². The van der Waals surface area contributed by atoms with Crippen LogP contribution < -0.4 is 11.1 Å². The van der Waals surface area contributed by atoms with Crippen molar-refractivity contribution in [2.24, 2.45) is 12.8 Å². The van der Waals surface area contributed by atoms with E-state index in [0.29, 0.717) is 5.82 Å². The molecule has 0 saturated heterocycles. The van der Waals surface area contributed by atoms with Gasteiger partial charge < -0.3 is 11.1 Å². The molecule has 1 aliphatic carbocycles. The van der Waals surface area contributed by atoms with Crippen LogP contribution >= 0.6 is 0 Å². The summed E-state index contributed by atoms with van der Waals surface area (Å²) in [5.74, 6) is 0.618. The summed E-state index contributed by atoms with van der Waals surface area (Å²) in [5, 5.41) is 7.02. The van der Waals surface area contributed by atoms with Crippen LogP contribution in [0, 0.1) is 6.92 Å². The number of nitrogens with zero attached hydrogens (tertiary/aromatic N) is 2. The molecule has 0 aliphatic heterocycles. The second-order valence-electron chi connectivity index (χ2n) is 4.61. The summed E-state index contributed by atoms with van der Waals surface area (Å²) in [6.07, 6.45) is 3.62. The molecule has 0 unspecified atom stereocenters. The van der Waals surface area contributed by atoms with Crippen molar-refractivity contribution in [1.29, 1.82) is 0 Å². The van der Waals surface area contributed by atoms with Crippen molar-refractivity contribution in [3.63, 3.8) is 0 Å². The van der Waals surface area contributed by atoms with Crippen molar-refractivity contribution in [3.05, 3.63) is 11.8 Å². The van der Waals surface area contributed by atoms with Crippen LogP contribution in [0.15, 0.2) is 6.07 Å². The number of rotatable bonds is 2. The van der Waals surface area contributed by atoms with Gasteiger partial charge in [0.2, 0.25) is 5.91 Å². The van der Waals surface area contributed by atoms with Gasteiger partial charge in [-0.2, -0.15) is 5.10 Å². The van der Waals surface area contributed by atoms with Crippen LogP contribution in [0.3, 0.4) is 0 Å². The normalized spacial score (nSPS) is 18.7. The van der Waals surface area contributed by atoms with Crippen molar-refractivity contribution in [2.75, 3.05) is 5.32 Å². The molecule has 5 nitrogen and oxygen atoms in total. The first kappa shape index (κ1) is 11.1. The van der Waals surface area contributed by atoms with E-state index in [1.54, 1.807) is 11.7 Å². The van der Waals surface area contributed by atoms with Crippen LogP contribution in [-0.2, 0) is 11.8 Å². The summed E-state index contributed by atoms with van der Waals surface area (Å²) in [4.78, 5) is 12.0. The van der Waals surface area contributed by atoms with Crippen LogP contribution in [0.5, 0.6) is 0 Å². The molecule has 1 aromatic rings. The lowest BCUT2D eigenvalue weighted by Crippen LogP contribution is -2.48. The van der Waals surface area contributed by atoms with Gasteiger partial charge in [-0.25, -0.2) is 0 Å². The van der Waals surface area contributed by atoms with Crippen molar-refractivity contribution >= 4 is 11.7 Å². The second-order valence-corrected chi connectivity index (χ2v) is 4.61. The summed E-state index contributed by atoms with van der Waals surface area (Å²) in [5.41, 5.74) is 6.27. The van der Waals surface area contributed by atoms with Crippen LogP contribution in [-0.4, -0.2) is 21.2 Å². The molecule has 3 N–H and O–H groups in total. The standard InChI is InChI=1S/C11H18N4O/c1-8-7-9(15(2)14-8)13-10(16)11(12)5-3-4-6-11/h7H,3-6,12H2,1-2H3,(H,13,16). The van der Waals surface area contributed by atoms with E-state index in [-0.39, 0.29) is 5.91 Å². The Bertz CT molecular complexity index is 404. The van der Waals surface area contributed by atoms with Gasteiger partial charge in [0, 0.05) is 13.1 Å². The third-order valence-electron chi connectivity index (χ3n) is 3.19. The van der Waals surface area contributed by atoms with Gasteiger partial charge in [-0.15, -0.1) is 0 Å². The molecule has 1 saturated carbocycles. The molecule has 1 fully saturated rings. The summed E-state index contributed by atoms with van der Waals surface area (Å²) in [7, 11) is 1.81. The number of carbonyl (C=O) groups excluding carboxylic acids is 1. The minimum atomic E-state index is -0.682. The van der Waals surface area contributed by atoms with E-state index < -0.39 is 5.54 Å². The van der Waals surface area contributed by atoms with Crippen molar-refractivity contribution in [3.8, 4) is 0 Å². The highest BCUT2D eigenvalue weighted by Crippen LogP contribution is 2.28. The lowest BCUT2D eigenvalue weighted by atomic mass is 9.98. The highest BCUT2D eigenvalue weighted by molar-refractivity contribution is 5.97. The zero-order chi connectivity index (χ0) is 11.8. The molecule has 0 atom stereocenters. The first-order valence-corrected chi connectivity index (χ1v) is 5.62. The number of hydrogen-bond donors (Lipinski definition) is 2. The summed E-state index contributed by atoms with van der Waals surface area (Å²) in [6, 6.07) is 1.84. The number of hydrogen-bond acceptors (Lipinski definition) is 3. The van der Waals surface area contributed by atoms with Crippen molar-refractivity contribution in [1.82, 2.24) is 9.78 Å². The molecule has 1 amide bonds. The van der Waals surface area contributed by atoms with E-state index in [9.17, 15) is 4.79 Å². The maximum Gasteiger partial charge on any atom is 0.245 e. The molecular formula is C11H18N4O. The molecule has 0 radical (unpaired) electrons. The quantitative estimate of drug-likeness (QED) is 0.782. The smallest absolute Gasteiger partial charge is 0.245 e. The molecule has 0 aromatic carbocycles. The summed E-state index contributed by atoms with van der Waals surface area (Å²) >= 11 is 0. The Morgan fingerprint density at radius 3 is 2.69 bits per heavy atom. The first-order valence-electron chi connectivity index (χ1n) is 5.62. The average Bonchev–Trinajstić information content (AvgIpc) is 2.75. The largest absolute Gasteiger partial charge is 0.317 e. The topological polar surface area (TPSA) is 72.9 Å². The zero-order valence-electron chi connectivity index (χ0n) is 9.79. The molecule has 16 heavy (non-hydrogen) atoms. The Hall–Kier alpha value is -1.36. The van der Waals surface area contributed by atoms with Crippen LogP contribution in [0.4, 0.5) is 5.82 Å². The minimum absolute atomic E-state index is 0.0898. The predicted molar refractivity (Wildman–Crippen MR) is 62.0 cm³/mol. The fourth-order valence-electron chi connectivity index (χ4n) is 2.20. The Kier molecular flexibility index (Phi) is 2.71. The maximum atomic E-state index is 12.0. The van der Waals surface area contributed by atoms with E-state index in [2.05, 4.69) is 10.4 Å². The van der Waals surface area contributed by atoms with E-state index in [1.807, 2.05) is 13.0 Å². The van der Waals surface area contributed by atoms with Gasteiger partial charge in [0.15, 0.2) is 0 Å². The molecule has 0 spiro atoms. The van der Waals surface area contributed by atoms with E-state index in [0.717, 1.165) is 31.4 Å². The van der Waals surface area contributed by atoms with Crippen LogP contribution in [0.2, 0.25) is 0 Å². The van der Waals surface area contributed by atoms with Crippen molar-refractivity contribution in [2.45, 2.75) is 38.1 Å². The van der Waals surface area contributed by atoms with E-state index >= 15 is 0 Å². The zero-order valence-corrected chi connectivity index (χ0v) is 9.79. The highest BCUT2D eigenvalue weighted by atomic mass is 16.2. The molecule has 1 aromatic heterocycles. The SMILES string of the molecule is Cc1cc(NC(=O)C2(N)CCCC2)n(C)n1. The first-order chi connectivity index (χ1) is 7.51. The van der Waals surface area contributed by atoms with Gasteiger partial charge in [0.1, 0.15) is 5.82 Å². The molecule has 1 heterocycles. The van der Waals surface area contributed by atoms with Gasteiger partial charge >= 0.3 is 0 Å². The number of aromatic nitrogens is 2. The number of aryl methyl sites for hydroxylation is 2. The molecule has 2 rings (SSSR count). The molecular weight excluding hydrogens is 204 g/mol. The monoisotopic (exact) mass is 222 g/mol. The van der Waals surface area contributed by atoms with Gasteiger partial charge in [0.25, 0.3) is 0 Å². The van der Waals surface area contributed by atoms with Gasteiger partial charge in [0.05, 0.1) is 11.2 Å². The Morgan fingerprint density at radius 2 is 2.19 bits per heavy atom. The van der Waals surface area contributed by atoms with Gasteiger partial charge in [-0.1, -0.05) is 12.8 Å². The third kappa shape index (κ3) is 1.95. The Labute approximate surface area is 95.0 Å². The second kappa shape index (κ2) is 3.90.